The van der Waals surface area contributed by atoms with Gasteiger partial charge in [0, 0.05) is 0 Å². The van der Waals surface area contributed by atoms with Gasteiger partial charge in [0.2, 0.25) is 0 Å². The molecule has 0 saturated carbocycles. The van der Waals surface area contributed by atoms with Gasteiger partial charge in [-0.15, -0.1) is 0 Å². The lowest BCUT2D eigenvalue weighted by Crippen LogP contribution is -2.47. The van der Waals surface area contributed by atoms with Crippen molar-refractivity contribution in [2.24, 2.45) is 0 Å². The Morgan fingerprint density at radius 1 is 1.26 bits per heavy atom. The van der Waals surface area contributed by atoms with Crippen molar-refractivity contribution in [2.45, 2.75) is 0 Å². The van der Waals surface area contributed by atoms with Crippen LogP contribution in [0.3, 0.4) is 0 Å². The lowest BCUT2D eigenvalue weighted by Gasteiger charge is -2.24. The summed E-state index contributed by atoms with van der Waals surface area (Å²) in [5, 5.41) is 8.89. The SMILES string of the molecule is N#Cc1ccccc1OCCN1C(=O)COCC1=O. The monoisotopic (exact) mass is 260 g/mol. The molecule has 1 aliphatic heterocycles. The Labute approximate surface area is 110 Å². The third-order valence-corrected chi connectivity index (χ3v) is 2.63. The summed E-state index contributed by atoms with van der Waals surface area (Å²) in [6, 6.07) is 8.80. The number of imide groups is 1. The summed E-state index contributed by atoms with van der Waals surface area (Å²) in [5.74, 6) is -0.292. The van der Waals surface area contributed by atoms with Gasteiger partial charge in [-0.3, -0.25) is 14.5 Å². The van der Waals surface area contributed by atoms with E-state index in [9.17, 15) is 9.59 Å². The maximum atomic E-state index is 11.4. The Hall–Kier alpha value is -2.39. The topological polar surface area (TPSA) is 79.6 Å². The molecular formula is C13H12N2O4. The van der Waals surface area contributed by atoms with E-state index < -0.39 is 0 Å². The predicted octanol–water partition coefficient (Wildman–Crippen LogP) is 0.322. The molecule has 0 unspecified atom stereocenters. The lowest BCUT2D eigenvalue weighted by atomic mass is 10.2. The average Bonchev–Trinajstić information content (AvgIpc) is 2.42. The third kappa shape index (κ3) is 3.09. The molecule has 0 atom stereocenters. The van der Waals surface area contributed by atoms with Crippen molar-refractivity contribution in [1.29, 1.82) is 5.26 Å². The molecule has 0 N–H and O–H groups in total. The fraction of sp³-hybridized carbons (Fsp3) is 0.308. The lowest BCUT2D eigenvalue weighted by molar-refractivity contribution is -0.158. The molecule has 0 aliphatic carbocycles. The van der Waals surface area contributed by atoms with Gasteiger partial charge in [0.15, 0.2) is 0 Å². The maximum Gasteiger partial charge on any atom is 0.255 e. The summed E-state index contributed by atoms with van der Waals surface area (Å²) in [7, 11) is 0. The van der Waals surface area contributed by atoms with Crippen molar-refractivity contribution in [3.05, 3.63) is 29.8 Å². The first-order valence-corrected chi connectivity index (χ1v) is 5.75. The summed E-state index contributed by atoms with van der Waals surface area (Å²) in [6.07, 6.45) is 0. The molecule has 6 nitrogen and oxygen atoms in total. The number of ether oxygens (including phenoxy) is 2. The zero-order valence-electron chi connectivity index (χ0n) is 10.2. The van der Waals surface area contributed by atoms with Crippen LogP contribution >= 0.6 is 0 Å². The van der Waals surface area contributed by atoms with E-state index in [-0.39, 0.29) is 38.2 Å². The van der Waals surface area contributed by atoms with Crippen LogP contribution in [0.25, 0.3) is 0 Å². The normalized spacial score (nSPS) is 15.2. The molecule has 1 saturated heterocycles. The van der Waals surface area contributed by atoms with Crippen LogP contribution in [-0.2, 0) is 14.3 Å². The molecule has 0 radical (unpaired) electrons. The van der Waals surface area contributed by atoms with E-state index in [4.69, 9.17) is 14.7 Å². The number of carbonyl (C=O) groups excluding carboxylic acids is 2. The largest absolute Gasteiger partial charge is 0.490 e. The predicted molar refractivity (Wildman–Crippen MR) is 64.2 cm³/mol. The number of rotatable bonds is 4. The summed E-state index contributed by atoms with van der Waals surface area (Å²) in [4.78, 5) is 24.0. The van der Waals surface area contributed by atoms with Gasteiger partial charge in [0.25, 0.3) is 11.8 Å². The fourth-order valence-corrected chi connectivity index (χ4v) is 1.70. The molecule has 0 aromatic heterocycles. The van der Waals surface area contributed by atoms with Gasteiger partial charge in [-0.1, -0.05) is 12.1 Å². The highest BCUT2D eigenvalue weighted by Gasteiger charge is 2.26. The Kier molecular flexibility index (Phi) is 4.11. The van der Waals surface area contributed by atoms with Crippen molar-refractivity contribution in [1.82, 2.24) is 4.90 Å². The second-order valence-corrected chi connectivity index (χ2v) is 3.89. The van der Waals surface area contributed by atoms with Crippen LogP contribution < -0.4 is 4.74 Å². The maximum absolute atomic E-state index is 11.4. The van der Waals surface area contributed by atoms with E-state index in [1.807, 2.05) is 6.07 Å². The minimum absolute atomic E-state index is 0.0828. The van der Waals surface area contributed by atoms with Gasteiger partial charge in [-0.25, -0.2) is 0 Å². The van der Waals surface area contributed by atoms with Crippen molar-refractivity contribution in [3.8, 4) is 11.8 Å². The fourth-order valence-electron chi connectivity index (χ4n) is 1.70. The molecule has 98 valence electrons. The van der Waals surface area contributed by atoms with E-state index in [0.29, 0.717) is 11.3 Å². The van der Waals surface area contributed by atoms with Gasteiger partial charge < -0.3 is 9.47 Å². The van der Waals surface area contributed by atoms with Crippen LogP contribution in [0, 0.1) is 11.3 Å². The van der Waals surface area contributed by atoms with Gasteiger partial charge in [0.05, 0.1) is 12.1 Å². The summed E-state index contributed by atoms with van der Waals surface area (Å²) >= 11 is 0. The van der Waals surface area contributed by atoms with Crippen LogP contribution in [0.5, 0.6) is 5.75 Å². The molecule has 6 heteroatoms. The van der Waals surface area contributed by atoms with Gasteiger partial charge >= 0.3 is 0 Å². The molecule has 1 aromatic carbocycles. The first kappa shape index (κ1) is 13.1. The van der Waals surface area contributed by atoms with Crippen LogP contribution in [0.4, 0.5) is 0 Å². The number of morpholine rings is 1. The molecule has 0 bridgehead atoms. The molecule has 1 heterocycles. The molecule has 2 rings (SSSR count). The van der Waals surface area contributed by atoms with Gasteiger partial charge in [-0.2, -0.15) is 5.26 Å². The molecule has 19 heavy (non-hydrogen) atoms. The quantitative estimate of drug-likeness (QED) is 0.728. The van der Waals surface area contributed by atoms with E-state index >= 15 is 0 Å². The highest BCUT2D eigenvalue weighted by molar-refractivity contribution is 5.98. The highest BCUT2D eigenvalue weighted by Crippen LogP contribution is 2.16. The van der Waals surface area contributed by atoms with Crippen LogP contribution in [0.1, 0.15) is 5.56 Å². The molecular weight excluding hydrogens is 248 g/mol. The van der Waals surface area contributed by atoms with Gasteiger partial charge in [0.1, 0.15) is 31.6 Å². The molecule has 1 fully saturated rings. The number of nitriles is 1. The standard InChI is InChI=1S/C13H12N2O4/c14-7-10-3-1-2-4-11(10)19-6-5-15-12(16)8-18-9-13(15)17/h1-4H,5-6,8-9H2. The first-order valence-electron chi connectivity index (χ1n) is 5.75. The number of benzene rings is 1. The zero-order chi connectivity index (χ0) is 13.7. The molecule has 2 amide bonds. The van der Waals surface area contributed by atoms with Crippen LogP contribution in [0.15, 0.2) is 24.3 Å². The Bertz CT molecular complexity index is 520. The van der Waals surface area contributed by atoms with Crippen molar-refractivity contribution in [3.63, 3.8) is 0 Å². The number of carbonyl (C=O) groups is 2. The van der Waals surface area contributed by atoms with Crippen LogP contribution in [0.2, 0.25) is 0 Å². The van der Waals surface area contributed by atoms with Crippen molar-refractivity contribution in [2.75, 3.05) is 26.4 Å². The van der Waals surface area contributed by atoms with E-state index in [0.717, 1.165) is 4.90 Å². The minimum atomic E-state index is -0.367. The molecule has 0 spiro atoms. The molecule has 1 aliphatic rings. The summed E-state index contributed by atoms with van der Waals surface area (Å²) < 4.78 is 10.2. The Morgan fingerprint density at radius 2 is 1.95 bits per heavy atom. The van der Waals surface area contributed by atoms with Crippen molar-refractivity contribution < 1.29 is 19.1 Å². The minimum Gasteiger partial charge on any atom is -0.490 e. The Balaban J connectivity index is 1.91. The number of para-hydroxylation sites is 1. The van der Waals surface area contributed by atoms with Gasteiger partial charge in [-0.05, 0) is 12.1 Å². The number of nitrogens with zero attached hydrogens (tertiary/aromatic N) is 2. The number of hydrogen-bond acceptors (Lipinski definition) is 5. The smallest absolute Gasteiger partial charge is 0.255 e. The third-order valence-electron chi connectivity index (χ3n) is 2.63. The summed E-state index contributed by atoms with van der Waals surface area (Å²) in [6.45, 7) is 0.137. The van der Waals surface area contributed by atoms with Crippen LogP contribution in [-0.4, -0.2) is 43.1 Å². The average molecular weight is 260 g/mol. The highest BCUT2D eigenvalue weighted by atomic mass is 16.5. The number of amides is 2. The second-order valence-electron chi connectivity index (χ2n) is 3.89. The Morgan fingerprint density at radius 3 is 2.63 bits per heavy atom. The molecule has 1 aromatic rings. The van der Waals surface area contributed by atoms with Crippen molar-refractivity contribution >= 4 is 11.8 Å². The van der Waals surface area contributed by atoms with E-state index in [1.54, 1.807) is 24.3 Å². The van der Waals surface area contributed by atoms with E-state index in [1.165, 1.54) is 0 Å². The second kappa shape index (κ2) is 5.98. The zero-order valence-corrected chi connectivity index (χ0v) is 10.2. The number of hydrogen-bond donors (Lipinski definition) is 0. The first-order chi connectivity index (χ1) is 9.22. The summed E-state index contributed by atoms with van der Waals surface area (Å²) in [5.41, 5.74) is 0.419. The van der Waals surface area contributed by atoms with E-state index in [2.05, 4.69) is 0 Å².